The molecule has 2 aromatic rings. The van der Waals surface area contributed by atoms with Crippen LogP contribution in [-0.4, -0.2) is 19.0 Å². The maximum absolute atomic E-state index is 12.4. The van der Waals surface area contributed by atoms with Crippen LogP contribution in [0.1, 0.15) is 23.6 Å². The number of benzene rings is 2. The normalized spacial score (nSPS) is 13.0. The van der Waals surface area contributed by atoms with Gasteiger partial charge in [0.15, 0.2) is 6.04 Å². The molecule has 0 aromatic heterocycles. The number of aryl methyl sites for hydroxylation is 1. The molecule has 0 aliphatic heterocycles. The lowest BCUT2D eigenvalue weighted by molar-refractivity contribution is -0.907. The molecule has 0 bridgehead atoms. The van der Waals surface area contributed by atoms with Crippen LogP contribution in [0.4, 0.5) is 5.69 Å². The SMILES string of the molecule is Cc1ccc(C[NH+](C)[C@@H](C)C(=O)Nc2ccc(C#N)cc2)cc1. The second-order valence-electron chi connectivity index (χ2n) is 5.91. The Labute approximate surface area is 137 Å². The molecule has 1 unspecified atom stereocenters. The smallest absolute Gasteiger partial charge is 0.282 e. The van der Waals surface area contributed by atoms with Gasteiger partial charge in [-0.3, -0.25) is 4.79 Å². The number of nitrogens with zero attached hydrogens (tertiary/aromatic N) is 1. The monoisotopic (exact) mass is 308 g/mol. The molecule has 2 rings (SSSR count). The van der Waals surface area contributed by atoms with E-state index < -0.39 is 0 Å². The Hall–Kier alpha value is -2.64. The van der Waals surface area contributed by atoms with Crippen LogP contribution in [0.25, 0.3) is 0 Å². The van der Waals surface area contributed by atoms with E-state index >= 15 is 0 Å². The lowest BCUT2D eigenvalue weighted by Gasteiger charge is -2.21. The lowest BCUT2D eigenvalue weighted by Crippen LogP contribution is -3.12. The summed E-state index contributed by atoms with van der Waals surface area (Å²) in [6, 6.07) is 17.2. The van der Waals surface area contributed by atoms with Gasteiger partial charge >= 0.3 is 0 Å². The number of rotatable bonds is 5. The maximum Gasteiger partial charge on any atom is 0.282 e. The maximum atomic E-state index is 12.4. The molecule has 4 nitrogen and oxygen atoms in total. The van der Waals surface area contributed by atoms with Crippen LogP contribution >= 0.6 is 0 Å². The van der Waals surface area contributed by atoms with Crippen molar-refractivity contribution >= 4 is 11.6 Å². The highest BCUT2D eigenvalue weighted by Crippen LogP contribution is 2.09. The number of nitriles is 1. The quantitative estimate of drug-likeness (QED) is 0.886. The molecule has 0 heterocycles. The molecule has 0 fully saturated rings. The van der Waals surface area contributed by atoms with Crippen molar-refractivity contribution in [3.63, 3.8) is 0 Å². The van der Waals surface area contributed by atoms with Crippen molar-refractivity contribution in [3.05, 3.63) is 65.2 Å². The Morgan fingerprint density at radius 2 is 1.78 bits per heavy atom. The Morgan fingerprint density at radius 3 is 2.35 bits per heavy atom. The molecule has 0 radical (unpaired) electrons. The van der Waals surface area contributed by atoms with Gasteiger partial charge in [0, 0.05) is 11.3 Å². The summed E-state index contributed by atoms with van der Waals surface area (Å²) in [4.78, 5) is 13.5. The van der Waals surface area contributed by atoms with Crippen molar-refractivity contribution in [2.24, 2.45) is 0 Å². The zero-order valence-electron chi connectivity index (χ0n) is 13.8. The number of quaternary nitrogens is 1. The van der Waals surface area contributed by atoms with Gasteiger partial charge in [-0.05, 0) is 38.1 Å². The molecule has 23 heavy (non-hydrogen) atoms. The molecule has 4 heteroatoms. The number of carbonyl (C=O) groups excluding carboxylic acids is 1. The highest BCUT2D eigenvalue weighted by molar-refractivity contribution is 5.93. The highest BCUT2D eigenvalue weighted by atomic mass is 16.2. The van der Waals surface area contributed by atoms with Crippen LogP contribution in [0.15, 0.2) is 48.5 Å². The minimum atomic E-state index is -0.174. The summed E-state index contributed by atoms with van der Waals surface area (Å²) in [6.45, 7) is 4.78. The second-order valence-corrected chi connectivity index (χ2v) is 5.91. The van der Waals surface area contributed by atoms with E-state index in [1.807, 2.05) is 14.0 Å². The van der Waals surface area contributed by atoms with Gasteiger partial charge in [-0.1, -0.05) is 29.8 Å². The van der Waals surface area contributed by atoms with Crippen LogP contribution in [0.3, 0.4) is 0 Å². The van der Waals surface area contributed by atoms with E-state index in [4.69, 9.17) is 5.26 Å². The topological polar surface area (TPSA) is 57.3 Å². The van der Waals surface area contributed by atoms with Gasteiger partial charge < -0.3 is 10.2 Å². The summed E-state index contributed by atoms with van der Waals surface area (Å²) in [7, 11) is 2.02. The minimum absolute atomic E-state index is 0.0284. The Balaban J connectivity index is 1.95. The Morgan fingerprint density at radius 1 is 1.17 bits per heavy atom. The van der Waals surface area contributed by atoms with Crippen LogP contribution in [0.2, 0.25) is 0 Å². The van der Waals surface area contributed by atoms with E-state index in [1.165, 1.54) is 11.1 Å². The molecule has 0 saturated carbocycles. The lowest BCUT2D eigenvalue weighted by atomic mass is 10.1. The number of carbonyl (C=O) groups is 1. The number of nitrogens with one attached hydrogen (secondary N) is 2. The van der Waals surface area contributed by atoms with Crippen LogP contribution in [-0.2, 0) is 11.3 Å². The molecule has 118 valence electrons. The van der Waals surface area contributed by atoms with Crippen LogP contribution in [0.5, 0.6) is 0 Å². The van der Waals surface area contributed by atoms with Gasteiger partial charge in [0.2, 0.25) is 0 Å². The number of likely N-dealkylation sites (N-methyl/N-ethyl adjacent to an activating group) is 1. The predicted molar refractivity (Wildman–Crippen MR) is 91.0 cm³/mol. The standard InChI is InChI=1S/C19H21N3O/c1-14-4-6-17(7-5-14)13-22(3)15(2)19(23)21-18-10-8-16(12-20)9-11-18/h4-11,15H,13H2,1-3H3,(H,21,23)/p+1/t15-/m0/s1. The molecule has 0 aliphatic carbocycles. The summed E-state index contributed by atoms with van der Waals surface area (Å²) in [5, 5.41) is 11.7. The van der Waals surface area contributed by atoms with E-state index in [2.05, 4.69) is 42.6 Å². The first-order chi connectivity index (χ1) is 11.0. The number of amides is 1. The van der Waals surface area contributed by atoms with Gasteiger partial charge in [0.05, 0.1) is 18.7 Å². The molecule has 2 N–H and O–H groups in total. The largest absolute Gasteiger partial charge is 0.324 e. The van der Waals surface area contributed by atoms with Crippen molar-refractivity contribution in [3.8, 4) is 6.07 Å². The van der Waals surface area contributed by atoms with Crippen molar-refractivity contribution in [2.45, 2.75) is 26.4 Å². The minimum Gasteiger partial charge on any atom is -0.324 e. The average Bonchev–Trinajstić information content (AvgIpc) is 2.56. The molecule has 2 atom stereocenters. The molecule has 0 spiro atoms. The van der Waals surface area contributed by atoms with Gasteiger partial charge in [-0.15, -0.1) is 0 Å². The fourth-order valence-electron chi connectivity index (χ4n) is 2.28. The van der Waals surface area contributed by atoms with Crippen molar-refractivity contribution < 1.29 is 9.69 Å². The van der Waals surface area contributed by atoms with Gasteiger partial charge in [-0.25, -0.2) is 0 Å². The number of hydrogen-bond acceptors (Lipinski definition) is 2. The van der Waals surface area contributed by atoms with E-state index in [0.717, 1.165) is 11.4 Å². The molecular formula is C19H22N3O+. The predicted octanol–water partition coefficient (Wildman–Crippen LogP) is 1.91. The first-order valence-corrected chi connectivity index (χ1v) is 7.68. The highest BCUT2D eigenvalue weighted by Gasteiger charge is 2.21. The summed E-state index contributed by atoms with van der Waals surface area (Å²) >= 11 is 0. The second kappa shape index (κ2) is 7.57. The third kappa shape index (κ3) is 4.67. The van der Waals surface area contributed by atoms with Crippen molar-refractivity contribution in [1.82, 2.24) is 0 Å². The fourth-order valence-corrected chi connectivity index (χ4v) is 2.28. The fraction of sp³-hybridized carbons (Fsp3) is 0.263. The molecular weight excluding hydrogens is 286 g/mol. The van der Waals surface area contributed by atoms with Gasteiger partial charge in [0.1, 0.15) is 6.54 Å². The third-order valence-corrected chi connectivity index (χ3v) is 4.02. The number of anilines is 1. The van der Waals surface area contributed by atoms with E-state index in [0.29, 0.717) is 11.3 Å². The summed E-state index contributed by atoms with van der Waals surface area (Å²) in [5.41, 5.74) is 3.74. The van der Waals surface area contributed by atoms with Crippen LogP contribution in [0, 0.1) is 18.3 Å². The van der Waals surface area contributed by atoms with Crippen molar-refractivity contribution in [2.75, 3.05) is 12.4 Å². The first-order valence-electron chi connectivity index (χ1n) is 7.68. The summed E-state index contributed by atoms with van der Waals surface area (Å²) in [6.07, 6.45) is 0. The van der Waals surface area contributed by atoms with E-state index in [1.54, 1.807) is 24.3 Å². The first kappa shape index (κ1) is 16.7. The van der Waals surface area contributed by atoms with Gasteiger partial charge in [-0.2, -0.15) is 5.26 Å². The van der Waals surface area contributed by atoms with E-state index in [-0.39, 0.29) is 11.9 Å². The average molecular weight is 308 g/mol. The molecule has 0 saturated heterocycles. The third-order valence-electron chi connectivity index (χ3n) is 4.02. The molecule has 0 aliphatic rings. The summed E-state index contributed by atoms with van der Waals surface area (Å²) in [5.74, 6) is -0.0284. The van der Waals surface area contributed by atoms with E-state index in [9.17, 15) is 4.79 Å². The molecule has 1 amide bonds. The Bertz CT molecular complexity index is 699. The molecule has 2 aromatic carbocycles. The number of hydrogen-bond donors (Lipinski definition) is 2. The van der Waals surface area contributed by atoms with Crippen molar-refractivity contribution in [1.29, 1.82) is 5.26 Å². The zero-order chi connectivity index (χ0) is 16.8. The van der Waals surface area contributed by atoms with Gasteiger partial charge in [0.25, 0.3) is 5.91 Å². The van der Waals surface area contributed by atoms with Crippen LogP contribution < -0.4 is 10.2 Å². The zero-order valence-corrected chi connectivity index (χ0v) is 13.8. The summed E-state index contributed by atoms with van der Waals surface area (Å²) < 4.78 is 0. The Kier molecular flexibility index (Phi) is 5.51.